The second-order valence-corrected chi connectivity index (χ2v) is 6.50. The van der Waals surface area contributed by atoms with Crippen molar-refractivity contribution < 1.29 is 23.9 Å². The molecular formula is C22H17ClN2O5. The number of anilines is 1. The number of hydrogen-bond donors (Lipinski definition) is 1. The molecule has 0 saturated carbocycles. The van der Waals surface area contributed by atoms with E-state index in [1.807, 2.05) is 6.92 Å². The Labute approximate surface area is 178 Å². The molecule has 7 nitrogen and oxygen atoms in total. The van der Waals surface area contributed by atoms with Gasteiger partial charge >= 0.3 is 6.03 Å². The van der Waals surface area contributed by atoms with Crippen LogP contribution in [0.1, 0.15) is 12.5 Å². The van der Waals surface area contributed by atoms with Gasteiger partial charge in [-0.05, 0) is 55.0 Å². The van der Waals surface area contributed by atoms with Crippen molar-refractivity contribution in [2.45, 2.75) is 6.92 Å². The standard InChI is InChI=1S/C22H17ClN2O5/c1-3-11-30-18-10-5-14(13-19(18)29-4-2)12-17-20(26)24-22(28)25(21(17)27)16-8-6-15(23)7-9-16/h1,5-10,12-13H,4,11H2,2H3,(H,24,26,28)/b17-12+. The lowest BCUT2D eigenvalue weighted by Crippen LogP contribution is -2.54. The monoisotopic (exact) mass is 424 g/mol. The van der Waals surface area contributed by atoms with Crippen molar-refractivity contribution in [3.05, 3.63) is 58.6 Å². The number of halogens is 1. The molecule has 1 N–H and O–H groups in total. The van der Waals surface area contributed by atoms with Crippen molar-refractivity contribution >= 4 is 41.2 Å². The van der Waals surface area contributed by atoms with Crippen LogP contribution in [0.25, 0.3) is 6.08 Å². The first-order valence-corrected chi connectivity index (χ1v) is 9.32. The van der Waals surface area contributed by atoms with Crippen LogP contribution in [-0.4, -0.2) is 31.1 Å². The van der Waals surface area contributed by atoms with Crippen molar-refractivity contribution in [1.29, 1.82) is 0 Å². The largest absolute Gasteiger partial charge is 0.490 e. The number of nitrogens with zero attached hydrogens (tertiary/aromatic N) is 1. The first kappa shape index (κ1) is 21.0. The molecule has 0 unspecified atom stereocenters. The Bertz CT molecular complexity index is 1070. The van der Waals surface area contributed by atoms with Gasteiger partial charge in [0.25, 0.3) is 11.8 Å². The van der Waals surface area contributed by atoms with E-state index in [1.165, 1.54) is 18.2 Å². The molecule has 152 valence electrons. The number of amides is 4. The third-order valence-electron chi connectivity index (χ3n) is 4.08. The number of benzene rings is 2. The summed E-state index contributed by atoms with van der Waals surface area (Å²) in [5.74, 6) is 1.68. The summed E-state index contributed by atoms with van der Waals surface area (Å²) in [6.07, 6.45) is 6.59. The van der Waals surface area contributed by atoms with E-state index in [0.29, 0.717) is 28.7 Å². The number of terminal acetylenes is 1. The summed E-state index contributed by atoms with van der Waals surface area (Å²) in [5.41, 5.74) is 0.591. The molecule has 0 aromatic heterocycles. The lowest BCUT2D eigenvalue weighted by atomic mass is 10.1. The van der Waals surface area contributed by atoms with Crippen LogP contribution in [0.2, 0.25) is 5.02 Å². The van der Waals surface area contributed by atoms with Crippen LogP contribution < -0.4 is 19.7 Å². The Kier molecular flexibility index (Phi) is 6.40. The van der Waals surface area contributed by atoms with E-state index in [1.54, 1.807) is 30.3 Å². The molecule has 1 heterocycles. The Hall–Kier alpha value is -3.76. The molecule has 1 saturated heterocycles. The Morgan fingerprint density at radius 3 is 2.50 bits per heavy atom. The van der Waals surface area contributed by atoms with Crippen molar-refractivity contribution in [1.82, 2.24) is 5.32 Å². The maximum atomic E-state index is 12.9. The average Bonchev–Trinajstić information content (AvgIpc) is 2.72. The Morgan fingerprint density at radius 2 is 1.83 bits per heavy atom. The smallest absolute Gasteiger partial charge is 0.335 e. The third-order valence-corrected chi connectivity index (χ3v) is 4.33. The van der Waals surface area contributed by atoms with Crippen LogP contribution in [0.15, 0.2) is 48.0 Å². The predicted octanol–water partition coefficient (Wildman–Crippen LogP) is 3.42. The van der Waals surface area contributed by atoms with Crippen LogP contribution in [0.5, 0.6) is 11.5 Å². The number of carbonyl (C=O) groups is 3. The van der Waals surface area contributed by atoms with Gasteiger partial charge in [0.15, 0.2) is 11.5 Å². The Morgan fingerprint density at radius 1 is 1.10 bits per heavy atom. The number of imide groups is 2. The first-order chi connectivity index (χ1) is 14.4. The molecular weight excluding hydrogens is 408 g/mol. The third kappa shape index (κ3) is 4.45. The fourth-order valence-corrected chi connectivity index (χ4v) is 2.90. The summed E-state index contributed by atoms with van der Waals surface area (Å²) in [6, 6.07) is 10.2. The van der Waals surface area contributed by atoms with E-state index < -0.39 is 17.8 Å². The lowest BCUT2D eigenvalue weighted by Gasteiger charge is -2.26. The molecule has 0 bridgehead atoms. The van der Waals surface area contributed by atoms with Crippen LogP contribution in [0.3, 0.4) is 0 Å². The zero-order valence-electron chi connectivity index (χ0n) is 16.0. The van der Waals surface area contributed by atoms with Gasteiger partial charge in [-0.2, -0.15) is 0 Å². The van der Waals surface area contributed by atoms with Crippen molar-refractivity contribution in [2.75, 3.05) is 18.1 Å². The number of urea groups is 1. The highest BCUT2D eigenvalue weighted by atomic mass is 35.5. The summed E-state index contributed by atoms with van der Waals surface area (Å²) in [6.45, 7) is 2.26. The van der Waals surface area contributed by atoms with E-state index >= 15 is 0 Å². The van der Waals surface area contributed by atoms with Gasteiger partial charge in [0, 0.05) is 5.02 Å². The maximum absolute atomic E-state index is 12.9. The van der Waals surface area contributed by atoms with E-state index in [0.717, 1.165) is 4.90 Å². The molecule has 2 aromatic rings. The highest BCUT2D eigenvalue weighted by molar-refractivity contribution is 6.39. The van der Waals surface area contributed by atoms with Gasteiger partial charge in [0.1, 0.15) is 12.2 Å². The molecule has 2 aromatic carbocycles. The van der Waals surface area contributed by atoms with Crippen LogP contribution in [0, 0.1) is 12.3 Å². The second-order valence-electron chi connectivity index (χ2n) is 6.07. The zero-order chi connectivity index (χ0) is 21.7. The molecule has 0 spiro atoms. The van der Waals surface area contributed by atoms with Gasteiger partial charge in [-0.15, -0.1) is 6.42 Å². The number of rotatable bonds is 6. The number of hydrogen-bond acceptors (Lipinski definition) is 5. The number of barbiturate groups is 1. The minimum absolute atomic E-state index is 0.0690. The van der Waals surface area contributed by atoms with Gasteiger partial charge in [-0.3, -0.25) is 14.9 Å². The summed E-state index contributed by atoms with van der Waals surface area (Å²) in [5, 5.41) is 2.62. The second kappa shape index (κ2) is 9.16. The highest BCUT2D eigenvalue weighted by Crippen LogP contribution is 2.30. The summed E-state index contributed by atoms with van der Waals surface area (Å²) in [7, 11) is 0. The van der Waals surface area contributed by atoms with Gasteiger partial charge in [-0.25, -0.2) is 9.69 Å². The summed E-state index contributed by atoms with van der Waals surface area (Å²) >= 11 is 5.87. The summed E-state index contributed by atoms with van der Waals surface area (Å²) in [4.78, 5) is 38.4. The predicted molar refractivity (Wildman–Crippen MR) is 112 cm³/mol. The molecule has 30 heavy (non-hydrogen) atoms. The van der Waals surface area contributed by atoms with Gasteiger partial charge in [0.2, 0.25) is 0 Å². The lowest BCUT2D eigenvalue weighted by molar-refractivity contribution is -0.122. The van der Waals surface area contributed by atoms with Gasteiger partial charge in [0.05, 0.1) is 12.3 Å². The molecule has 3 rings (SSSR count). The minimum atomic E-state index is -0.836. The van der Waals surface area contributed by atoms with Crippen LogP contribution in [0.4, 0.5) is 10.5 Å². The van der Waals surface area contributed by atoms with Crippen molar-refractivity contribution in [2.24, 2.45) is 0 Å². The van der Waals surface area contributed by atoms with E-state index in [4.69, 9.17) is 27.5 Å². The molecule has 1 fully saturated rings. The number of carbonyl (C=O) groups excluding carboxylic acids is 3. The molecule has 1 aliphatic rings. The molecule has 1 aliphatic heterocycles. The SMILES string of the molecule is C#CCOc1ccc(/C=C2\C(=O)NC(=O)N(c3ccc(Cl)cc3)C2=O)cc1OCC. The average molecular weight is 425 g/mol. The highest BCUT2D eigenvalue weighted by Gasteiger charge is 2.36. The van der Waals surface area contributed by atoms with E-state index in [-0.39, 0.29) is 17.9 Å². The fourth-order valence-electron chi connectivity index (χ4n) is 2.77. The molecule has 0 aliphatic carbocycles. The topological polar surface area (TPSA) is 84.9 Å². The molecule has 8 heteroatoms. The van der Waals surface area contributed by atoms with Crippen LogP contribution >= 0.6 is 11.6 Å². The molecule has 4 amide bonds. The fraction of sp³-hybridized carbons (Fsp3) is 0.136. The van der Waals surface area contributed by atoms with Crippen molar-refractivity contribution in [3.63, 3.8) is 0 Å². The van der Waals surface area contributed by atoms with E-state index in [2.05, 4.69) is 11.2 Å². The molecule has 0 atom stereocenters. The zero-order valence-corrected chi connectivity index (χ0v) is 16.7. The van der Waals surface area contributed by atoms with Crippen molar-refractivity contribution in [3.8, 4) is 23.8 Å². The maximum Gasteiger partial charge on any atom is 0.335 e. The number of ether oxygens (including phenoxy) is 2. The van der Waals surface area contributed by atoms with Crippen LogP contribution in [-0.2, 0) is 9.59 Å². The minimum Gasteiger partial charge on any atom is -0.490 e. The van der Waals surface area contributed by atoms with Gasteiger partial charge in [-0.1, -0.05) is 23.6 Å². The number of nitrogens with one attached hydrogen (secondary N) is 1. The first-order valence-electron chi connectivity index (χ1n) is 8.94. The molecule has 0 radical (unpaired) electrons. The summed E-state index contributed by atoms with van der Waals surface area (Å²) < 4.78 is 11.0. The Balaban J connectivity index is 1.96. The van der Waals surface area contributed by atoms with E-state index in [9.17, 15) is 14.4 Å². The van der Waals surface area contributed by atoms with Gasteiger partial charge < -0.3 is 9.47 Å². The quantitative estimate of drug-likeness (QED) is 0.436. The normalized spacial score (nSPS) is 15.0.